The van der Waals surface area contributed by atoms with Crippen LogP contribution in [-0.4, -0.2) is 11.8 Å². The Morgan fingerprint density at radius 2 is 1.60 bits per heavy atom. The topological polar surface area (TPSA) is 58.2 Å². The quantitative estimate of drug-likeness (QED) is 0.713. The second kappa shape index (κ2) is 7.27. The summed E-state index contributed by atoms with van der Waals surface area (Å²) >= 11 is 1.33. The van der Waals surface area contributed by atoms with Gasteiger partial charge in [-0.1, -0.05) is 18.2 Å². The number of aryl methyl sites for hydroxylation is 1. The largest absolute Gasteiger partial charge is 0.320 e. The summed E-state index contributed by atoms with van der Waals surface area (Å²) in [6.45, 7) is 1.60. The van der Waals surface area contributed by atoms with E-state index in [2.05, 4.69) is 10.6 Å². The van der Waals surface area contributed by atoms with E-state index in [1.807, 2.05) is 5.38 Å². The van der Waals surface area contributed by atoms with Crippen LogP contribution in [0.15, 0.2) is 60.0 Å². The van der Waals surface area contributed by atoms with Gasteiger partial charge in [0.15, 0.2) is 0 Å². The van der Waals surface area contributed by atoms with Gasteiger partial charge in [-0.15, -0.1) is 11.3 Å². The number of thiophene rings is 1. The Hall–Kier alpha value is -2.99. The van der Waals surface area contributed by atoms with Crippen molar-refractivity contribution in [2.24, 2.45) is 0 Å². The number of para-hydroxylation sites is 2. The molecule has 0 fully saturated rings. The molecule has 0 aliphatic carbocycles. The predicted octanol–water partition coefficient (Wildman–Crippen LogP) is 4.70. The number of benzene rings is 2. The summed E-state index contributed by atoms with van der Waals surface area (Å²) < 4.78 is 13.4. The SMILES string of the molecule is Cc1cc(C(=O)Nc2ccccc2NC(=O)c2cccs2)ccc1F. The molecule has 3 rings (SSSR count). The van der Waals surface area contributed by atoms with Crippen LogP contribution in [0.5, 0.6) is 0 Å². The van der Waals surface area contributed by atoms with E-state index in [1.165, 1.54) is 29.5 Å². The van der Waals surface area contributed by atoms with E-state index in [1.54, 1.807) is 43.3 Å². The van der Waals surface area contributed by atoms with Crippen LogP contribution in [0, 0.1) is 12.7 Å². The van der Waals surface area contributed by atoms with Crippen molar-refractivity contribution in [3.8, 4) is 0 Å². The number of anilines is 2. The lowest BCUT2D eigenvalue weighted by Crippen LogP contribution is -2.16. The van der Waals surface area contributed by atoms with Gasteiger partial charge in [0.1, 0.15) is 5.82 Å². The Bertz CT molecular complexity index is 923. The number of amides is 2. The minimum absolute atomic E-state index is 0.241. The molecular formula is C19H15FN2O2S. The molecule has 3 aromatic rings. The van der Waals surface area contributed by atoms with Gasteiger partial charge in [-0.25, -0.2) is 4.39 Å². The van der Waals surface area contributed by atoms with Crippen molar-refractivity contribution in [3.05, 3.63) is 81.8 Å². The van der Waals surface area contributed by atoms with Crippen molar-refractivity contribution in [2.45, 2.75) is 6.92 Å². The third-order valence-corrected chi connectivity index (χ3v) is 4.46. The molecule has 0 spiro atoms. The molecule has 0 aliphatic heterocycles. The van der Waals surface area contributed by atoms with Crippen LogP contribution in [0.3, 0.4) is 0 Å². The third kappa shape index (κ3) is 3.92. The van der Waals surface area contributed by atoms with E-state index in [4.69, 9.17) is 0 Å². The predicted molar refractivity (Wildman–Crippen MR) is 97.8 cm³/mol. The number of halogens is 1. The van der Waals surface area contributed by atoms with Gasteiger partial charge in [-0.3, -0.25) is 9.59 Å². The summed E-state index contributed by atoms with van der Waals surface area (Å²) in [6, 6.07) is 14.6. The Labute approximate surface area is 148 Å². The lowest BCUT2D eigenvalue weighted by Gasteiger charge is -2.12. The number of hydrogen-bond donors (Lipinski definition) is 2. The fraction of sp³-hybridized carbons (Fsp3) is 0.0526. The maximum absolute atomic E-state index is 13.4. The zero-order valence-electron chi connectivity index (χ0n) is 13.4. The maximum atomic E-state index is 13.4. The van der Waals surface area contributed by atoms with Gasteiger partial charge in [-0.2, -0.15) is 0 Å². The lowest BCUT2D eigenvalue weighted by molar-refractivity contribution is 0.101. The highest BCUT2D eigenvalue weighted by molar-refractivity contribution is 7.12. The van der Waals surface area contributed by atoms with Crippen molar-refractivity contribution in [3.63, 3.8) is 0 Å². The average molecular weight is 354 g/mol. The third-order valence-electron chi connectivity index (χ3n) is 3.59. The Morgan fingerprint density at radius 3 is 2.20 bits per heavy atom. The Morgan fingerprint density at radius 1 is 0.920 bits per heavy atom. The molecule has 0 atom stereocenters. The molecule has 2 amide bonds. The molecule has 126 valence electrons. The highest BCUT2D eigenvalue weighted by Crippen LogP contribution is 2.23. The van der Waals surface area contributed by atoms with E-state index in [9.17, 15) is 14.0 Å². The average Bonchev–Trinajstić information content (AvgIpc) is 3.13. The maximum Gasteiger partial charge on any atom is 0.265 e. The molecule has 25 heavy (non-hydrogen) atoms. The summed E-state index contributed by atoms with van der Waals surface area (Å²) in [4.78, 5) is 25.2. The summed E-state index contributed by atoms with van der Waals surface area (Å²) in [5, 5.41) is 7.36. The zero-order chi connectivity index (χ0) is 17.8. The number of carbonyl (C=O) groups is 2. The molecule has 0 radical (unpaired) electrons. The van der Waals surface area contributed by atoms with Crippen molar-refractivity contribution in [1.82, 2.24) is 0 Å². The first kappa shape index (κ1) is 16.9. The van der Waals surface area contributed by atoms with Gasteiger partial charge < -0.3 is 10.6 Å². The van der Waals surface area contributed by atoms with Crippen LogP contribution in [-0.2, 0) is 0 Å². The second-order valence-electron chi connectivity index (χ2n) is 5.40. The number of hydrogen-bond acceptors (Lipinski definition) is 3. The number of carbonyl (C=O) groups excluding carboxylic acids is 2. The molecule has 0 saturated carbocycles. The molecule has 0 unspecified atom stereocenters. The van der Waals surface area contributed by atoms with Gasteiger partial charge in [0.05, 0.1) is 16.3 Å². The van der Waals surface area contributed by atoms with E-state index in [0.717, 1.165) is 0 Å². The molecule has 0 saturated heterocycles. The minimum Gasteiger partial charge on any atom is -0.320 e. The Balaban J connectivity index is 1.79. The molecule has 2 N–H and O–H groups in total. The van der Waals surface area contributed by atoms with Gasteiger partial charge in [0.2, 0.25) is 0 Å². The molecule has 6 heteroatoms. The molecule has 2 aromatic carbocycles. The number of nitrogens with one attached hydrogen (secondary N) is 2. The minimum atomic E-state index is -0.374. The standard InChI is InChI=1S/C19H15FN2O2S/c1-12-11-13(8-9-14(12)20)18(23)21-15-5-2-3-6-16(15)22-19(24)17-7-4-10-25-17/h2-11H,1H3,(H,21,23)(H,22,24). The first-order valence-electron chi connectivity index (χ1n) is 7.56. The fourth-order valence-electron chi connectivity index (χ4n) is 2.27. The van der Waals surface area contributed by atoms with Crippen LogP contribution < -0.4 is 10.6 Å². The smallest absolute Gasteiger partial charge is 0.265 e. The van der Waals surface area contributed by atoms with Crippen molar-refractivity contribution < 1.29 is 14.0 Å². The van der Waals surface area contributed by atoms with Crippen LogP contribution in [0.1, 0.15) is 25.6 Å². The first-order valence-corrected chi connectivity index (χ1v) is 8.44. The van der Waals surface area contributed by atoms with Gasteiger partial charge in [-0.05, 0) is 54.3 Å². The molecule has 0 bridgehead atoms. The van der Waals surface area contributed by atoms with Crippen LogP contribution in [0.25, 0.3) is 0 Å². The van der Waals surface area contributed by atoms with Gasteiger partial charge in [0, 0.05) is 5.56 Å². The van der Waals surface area contributed by atoms with E-state index >= 15 is 0 Å². The highest BCUT2D eigenvalue weighted by atomic mass is 32.1. The van der Waals surface area contributed by atoms with Gasteiger partial charge in [0.25, 0.3) is 11.8 Å². The molecule has 1 heterocycles. The van der Waals surface area contributed by atoms with Crippen LogP contribution in [0.4, 0.5) is 15.8 Å². The van der Waals surface area contributed by atoms with E-state index in [-0.39, 0.29) is 17.6 Å². The highest BCUT2D eigenvalue weighted by Gasteiger charge is 2.13. The molecule has 4 nitrogen and oxygen atoms in total. The Kier molecular flexibility index (Phi) is 4.90. The van der Waals surface area contributed by atoms with E-state index < -0.39 is 0 Å². The first-order chi connectivity index (χ1) is 12.0. The second-order valence-corrected chi connectivity index (χ2v) is 6.34. The fourth-order valence-corrected chi connectivity index (χ4v) is 2.89. The lowest BCUT2D eigenvalue weighted by atomic mass is 10.1. The van der Waals surface area contributed by atoms with Crippen molar-refractivity contribution >= 4 is 34.5 Å². The molecular weight excluding hydrogens is 339 g/mol. The molecule has 0 aliphatic rings. The zero-order valence-corrected chi connectivity index (χ0v) is 14.2. The monoisotopic (exact) mass is 354 g/mol. The van der Waals surface area contributed by atoms with Crippen molar-refractivity contribution in [2.75, 3.05) is 10.6 Å². The van der Waals surface area contributed by atoms with Gasteiger partial charge >= 0.3 is 0 Å². The van der Waals surface area contributed by atoms with Crippen molar-refractivity contribution in [1.29, 1.82) is 0 Å². The summed E-state index contributed by atoms with van der Waals surface area (Å²) in [7, 11) is 0. The molecule has 1 aromatic heterocycles. The normalized spacial score (nSPS) is 10.3. The number of rotatable bonds is 4. The van der Waals surface area contributed by atoms with E-state index in [0.29, 0.717) is 27.4 Å². The summed E-state index contributed by atoms with van der Waals surface area (Å²) in [5.74, 6) is -0.976. The summed E-state index contributed by atoms with van der Waals surface area (Å²) in [6.07, 6.45) is 0. The summed E-state index contributed by atoms with van der Waals surface area (Å²) in [5.41, 5.74) is 1.71. The van der Waals surface area contributed by atoms with Crippen LogP contribution >= 0.6 is 11.3 Å². The van der Waals surface area contributed by atoms with Crippen LogP contribution in [0.2, 0.25) is 0 Å².